The highest BCUT2D eigenvalue weighted by Crippen LogP contribution is 2.28. The fourth-order valence-electron chi connectivity index (χ4n) is 2.80. The van der Waals surface area contributed by atoms with Gasteiger partial charge in [0.15, 0.2) is 0 Å². The molecule has 1 amide bonds. The predicted octanol–water partition coefficient (Wildman–Crippen LogP) is 3.41. The smallest absolute Gasteiger partial charge is 0.227 e. The number of rotatable bonds is 4. The number of carbonyl (C=O) groups excluding carboxylic acids is 1. The fraction of sp³-hybridized carbons (Fsp3) is 0.353. The van der Waals surface area contributed by atoms with Crippen LogP contribution in [-0.4, -0.2) is 44.1 Å². The quantitative estimate of drug-likeness (QED) is 0.796. The maximum absolute atomic E-state index is 12.4. The molecule has 1 fully saturated rings. The first-order valence-electron chi connectivity index (χ1n) is 7.57. The van der Waals surface area contributed by atoms with Crippen molar-refractivity contribution >= 4 is 38.9 Å². The molecule has 4 nitrogen and oxygen atoms in total. The lowest BCUT2D eigenvalue weighted by molar-refractivity contribution is -0.130. The Morgan fingerprint density at radius 1 is 1.17 bits per heavy atom. The number of methoxy groups -OCH3 is 1. The number of thiophene rings is 1. The molecule has 1 aliphatic rings. The molecule has 2 aromatic rings. The zero-order valence-corrected chi connectivity index (χ0v) is 15.4. The summed E-state index contributed by atoms with van der Waals surface area (Å²) in [5.41, 5.74) is 1.10. The van der Waals surface area contributed by atoms with Gasteiger partial charge in [0.05, 0.1) is 23.0 Å². The van der Waals surface area contributed by atoms with Crippen LogP contribution in [0.2, 0.25) is 0 Å². The number of hydrogen-bond donors (Lipinski definition) is 0. The number of ether oxygens (including phenoxy) is 1. The van der Waals surface area contributed by atoms with E-state index in [9.17, 15) is 4.79 Å². The SMILES string of the molecule is COc1ccccc1N1CCN(C(=O)Cc2ccc(Br)s2)CC1. The number of nitrogens with zero attached hydrogens (tertiary/aromatic N) is 2. The van der Waals surface area contributed by atoms with Gasteiger partial charge in [0.1, 0.15) is 5.75 Å². The maximum atomic E-state index is 12.4. The molecule has 2 heterocycles. The van der Waals surface area contributed by atoms with E-state index in [1.54, 1.807) is 18.4 Å². The van der Waals surface area contributed by atoms with E-state index in [0.717, 1.165) is 46.3 Å². The van der Waals surface area contributed by atoms with Crippen molar-refractivity contribution in [2.75, 3.05) is 38.2 Å². The second-order valence-corrected chi connectivity index (χ2v) is 7.97. The lowest BCUT2D eigenvalue weighted by Gasteiger charge is -2.36. The molecular weight excluding hydrogens is 376 g/mol. The number of benzene rings is 1. The Morgan fingerprint density at radius 2 is 1.91 bits per heavy atom. The summed E-state index contributed by atoms with van der Waals surface area (Å²) >= 11 is 5.07. The van der Waals surface area contributed by atoms with Crippen molar-refractivity contribution in [3.05, 3.63) is 45.1 Å². The number of amides is 1. The summed E-state index contributed by atoms with van der Waals surface area (Å²) in [6.45, 7) is 3.17. The monoisotopic (exact) mass is 394 g/mol. The first-order chi connectivity index (χ1) is 11.2. The fourth-order valence-corrected chi connectivity index (χ4v) is 4.27. The van der Waals surface area contributed by atoms with Crippen molar-refractivity contribution in [3.8, 4) is 5.75 Å². The lowest BCUT2D eigenvalue weighted by Crippen LogP contribution is -2.49. The molecule has 23 heavy (non-hydrogen) atoms. The summed E-state index contributed by atoms with van der Waals surface area (Å²) in [4.78, 5) is 17.8. The molecular formula is C17H19BrN2O2S. The summed E-state index contributed by atoms with van der Waals surface area (Å²) in [5.74, 6) is 1.09. The normalized spacial score (nSPS) is 14.9. The summed E-state index contributed by atoms with van der Waals surface area (Å²) < 4.78 is 6.50. The highest BCUT2D eigenvalue weighted by atomic mass is 79.9. The van der Waals surface area contributed by atoms with Crippen LogP contribution in [0.4, 0.5) is 5.69 Å². The molecule has 122 valence electrons. The van der Waals surface area contributed by atoms with Crippen LogP contribution in [-0.2, 0) is 11.2 Å². The number of para-hydroxylation sites is 2. The Labute approximate surface area is 148 Å². The Balaban J connectivity index is 1.58. The molecule has 0 N–H and O–H groups in total. The molecule has 1 saturated heterocycles. The van der Waals surface area contributed by atoms with Gasteiger partial charge in [0, 0.05) is 31.1 Å². The first-order valence-corrected chi connectivity index (χ1v) is 9.18. The van der Waals surface area contributed by atoms with Gasteiger partial charge in [-0.1, -0.05) is 12.1 Å². The minimum atomic E-state index is 0.207. The van der Waals surface area contributed by atoms with Crippen LogP contribution < -0.4 is 9.64 Å². The summed E-state index contributed by atoms with van der Waals surface area (Å²) in [6.07, 6.45) is 0.491. The third-order valence-electron chi connectivity index (χ3n) is 4.01. The lowest BCUT2D eigenvalue weighted by atomic mass is 10.2. The molecule has 0 saturated carbocycles. The topological polar surface area (TPSA) is 32.8 Å². The molecule has 1 aromatic carbocycles. The van der Waals surface area contributed by atoms with E-state index < -0.39 is 0 Å². The second-order valence-electron chi connectivity index (χ2n) is 5.42. The maximum Gasteiger partial charge on any atom is 0.227 e. The molecule has 0 atom stereocenters. The van der Waals surface area contributed by atoms with E-state index in [1.165, 1.54) is 0 Å². The summed E-state index contributed by atoms with van der Waals surface area (Å²) in [6, 6.07) is 12.0. The largest absolute Gasteiger partial charge is 0.495 e. The molecule has 0 bridgehead atoms. The van der Waals surface area contributed by atoms with Crippen molar-refractivity contribution in [1.29, 1.82) is 0 Å². The van der Waals surface area contributed by atoms with Crippen LogP contribution in [0.25, 0.3) is 0 Å². The Hall–Kier alpha value is -1.53. The number of piperazine rings is 1. The van der Waals surface area contributed by atoms with E-state index in [1.807, 2.05) is 35.2 Å². The van der Waals surface area contributed by atoms with Crippen molar-refractivity contribution in [3.63, 3.8) is 0 Å². The molecule has 0 aliphatic carbocycles. The van der Waals surface area contributed by atoms with Gasteiger partial charge in [-0.3, -0.25) is 4.79 Å². The van der Waals surface area contributed by atoms with E-state index in [2.05, 4.69) is 26.9 Å². The average molecular weight is 395 g/mol. The number of halogens is 1. The Morgan fingerprint density at radius 3 is 2.57 bits per heavy atom. The zero-order chi connectivity index (χ0) is 16.2. The van der Waals surface area contributed by atoms with E-state index in [4.69, 9.17) is 4.74 Å². The standard InChI is InChI=1S/C17H19BrN2O2S/c1-22-15-5-3-2-4-14(15)19-8-10-20(11-9-19)17(21)12-13-6-7-16(18)23-13/h2-7H,8-12H2,1H3. The first kappa shape index (κ1) is 16.3. The number of anilines is 1. The van der Waals surface area contributed by atoms with E-state index in [-0.39, 0.29) is 5.91 Å². The van der Waals surface area contributed by atoms with Gasteiger partial charge in [-0.15, -0.1) is 11.3 Å². The van der Waals surface area contributed by atoms with Crippen LogP contribution in [0.3, 0.4) is 0 Å². The van der Waals surface area contributed by atoms with E-state index >= 15 is 0 Å². The van der Waals surface area contributed by atoms with Gasteiger partial charge in [-0.2, -0.15) is 0 Å². The average Bonchev–Trinajstić information content (AvgIpc) is 3.00. The molecule has 1 aromatic heterocycles. The molecule has 6 heteroatoms. The summed E-state index contributed by atoms with van der Waals surface area (Å²) in [5, 5.41) is 0. The second kappa shape index (κ2) is 7.36. The van der Waals surface area contributed by atoms with Crippen molar-refractivity contribution in [2.24, 2.45) is 0 Å². The predicted molar refractivity (Wildman–Crippen MR) is 97.5 cm³/mol. The zero-order valence-electron chi connectivity index (χ0n) is 13.0. The number of hydrogen-bond acceptors (Lipinski definition) is 4. The van der Waals surface area contributed by atoms with Crippen molar-refractivity contribution < 1.29 is 9.53 Å². The third kappa shape index (κ3) is 3.87. The molecule has 0 radical (unpaired) electrons. The van der Waals surface area contributed by atoms with Gasteiger partial charge in [-0.25, -0.2) is 0 Å². The molecule has 0 unspecified atom stereocenters. The Kier molecular flexibility index (Phi) is 5.23. The van der Waals surface area contributed by atoms with Crippen LogP contribution in [0.5, 0.6) is 5.75 Å². The summed E-state index contributed by atoms with van der Waals surface area (Å²) in [7, 11) is 1.69. The van der Waals surface area contributed by atoms with Crippen LogP contribution in [0.1, 0.15) is 4.88 Å². The molecule has 1 aliphatic heterocycles. The Bertz CT molecular complexity index is 681. The van der Waals surface area contributed by atoms with Gasteiger partial charge in [0.2, 0.25) is 5.91 Å². The van der Waals surface area contributed by atoms with Crippen LogP contribution in [0, 0.1) is 0 Å². The molecule has 0 spiro atoms. The highest BCUT2D eigenvalue weighted by molar-refractivity contribution is 9.11. The van der Waals surface area contributed by atoms with Crippen molar-refractivity contribution in [1.82, 2.24) is 4.90 Å². The minimum absolute atomic E-state index is 0.207. The highest BCUT2D eigenvalue weighted by Gasteiger charge is 2.23. The molecule has 3 rings (SSSR count). The van der Waals surface area contributed by atoms with Gasteiger partial charge in [0.25, 0.3) is 0 Å². The van der Waals surface area contributed by atoms with Crippen LogP contribution in [0.15, 0.2) is 40.2 Å². The minimum Gasteiger partial charge on any atom is -0.495 e. The van der Waals surface area contributed by atoms with Gasteiger partial charge < -0.3 is 14.5 Å². The third-order valence-corrected chi connectivity index (χ3v) is 5.64. The van der Waals surface area contributed by atoms with Gasteiger partial charge in [-0.05, 0) is 40.2 Å². The van der Waals surface area contributed by atoms with Crippen LogP contribution >= 0.6 is 27.3 Å². The van der Waals surface area contributed by atoms with E-state index in [0.29, 0.717) is 6.42 Å². The van der Waals surface area contributed by atoms with Crippen molar-refractivity contribution in [2.45, 2.75) is 6.42 Å². The number of carbonyl (C=O) groups is 1. The van der Waals surface area contributed by atoms with Gasteiger partial charge >= 0.3 is 0 Å².